The summed E-state index contributed by atoms with van der Waals surface area (Å²) in [6.45, 7) is 13.7. The zero-order chi connectivity index (χ0) is 35.5. The number of rotatable bonds is 34. The normalized spacial score (nSPS) is 15.2. The molecule has 0 spiro atoms. The molecule has 19 heteroatoms. The maximum atomic E-state index is 8.98. The Hall–Kier alpha value is -0.760. The monoisotopic (exact) mass is 692 g/mol. The summed E-state index contributed by atoms with van der Waals surface area (Å²) in [5.74, 6) is 0. The van der Waals surface area contributed by atoms with Crippen LogP contribution in [0.5, 0.6) is 0 Å². The van der Waals surface area contributed by atoms with Crippen LogP contribution in [0.2, 0.25) is 0 Å². The Balaban J connectivity index is 5.55. The van der Waals surface area contributed by atoms with Gasteiger partial charge in [0.1, 0.15) is 53.8 Å². The minimum Gasteiger partial charge on any atom is -0.379 e. The minimum absolute atomic E-state index is 0.140. The molecule has 0 amide bonds. The predicted octanol–water partition coefficient (Wildman–Crippen LogP) is 0.573. The van der Waals surface area contributed by atoms with E-state index in [2.05, 4.69) is 53.0 Å². The Labute approximate surface area is 280 Å². The molecule has 0 heterocycles. The van der Waals surface area contributed by atoms with Gasteiger partial charge in [-0.15, -0.1) is 0 Å². The zero-order valence-corrected chi connectivity index (χ0v) is 29.8. The Morgan fingerprint density at radius 3 is 0.851 bits per heavy atom. The van der Waals surface area contributed by atoms with Crippen LogP contribution in [-0.4, -0.2) is 209 Å². The van der Waals surface area contributed by atoms with Crippen molar-refractivity contribution >= 4 is 0 Å². The van der Waals surface area contributed by atoms with Gasteiger partial charge in [-0.25, -0.2) is 29.4 Å². The van der Waals surface area contributed by atoms with Crippen LogP contribution in [0, 0.1) is 0 Å². The van der Waals surface area contributed by atoms with Crippen LogP contribution in [0.4, 0.5) is 0 Å². The fraction of sp³-hybridized carbons (Fsp3) is 1.00. The molecule has 0 aromatic heterocycles. The Morgan fingerprint density at radius 1 is 0.404 bits per heavy atom. The molecule has 0 fully saturated rings. The van der Waals surface area contributed by atoms with Gasteiger partial charge >= 0.3 is 0 Å². The number of ether oxygens (including phenoxy) is 5. The van der Waals surface area contributed by atoms with Crippen molar-refractivity contribution in [3.05, 3.63) is 0 Å². The first-order valence-electron chi connectivity index (χ1n) is 15.7. The van der Waals surface area contributed by atoms with Gasteiger partial charge < -0.3 is 23.7 Å². The van der Waals surface area contributed by atoms with Gasteiger partial charge in [0, 0.05) is 91.9 Å². The van der Waals surface area contributed by atoms with Crippen LogP contribution >= 0.6 is 0 Å². The smallest absolute Gasteiger partial charge is 0.137 e. The highest BCUT2D eigenvalue weighted by Crippen LogP contribution is 2.10. The van der Waals surface area contributed by atoms with Crippen LogP contribution in [0.3, 0.4) is 0 Å². The summed E-state index contributed by atoms with van der Waals surface area (Å²) < 4.78 is 27.7. The van der Waals surface area contributed by atoms with E-state index in [1.807, 2.05) is 13.8 Å². The summed E-state index contributed by atoms with van der Waals surface area (Å²) >= 11 is 0. The molecule has 0 aliphatic heterocycles. The molecule has 0 aromatic rings. The minimum atomic E-state index is -0.208. The molecule has 0 saturated carbocycles. The molecule has 284 valence electrons. The highest BCUT2D eigenvalue weighted by atomic mass is 17.1. The Morgan fingerprint density at radius 2 is 0.638 bits per heavy atom. The van der Waals surface area contributed by atoms with E-state index < -0.39 is 0 Å². The van der Waals surface area contributed by atoms with Crippen molar-refractivity contribution in [2.24, 2.45) is 0 Å². The molecule has 4 atom stereocenters. The van der Waals surface area contributed by atoms with E-state index in [4.69, 9.17) is 44.7 Å². The third-order valence-corrected chi connectivity index (χ3v) is 7.76. The molecule has 0 aliphatic carbocycles. The van der Waals surface area contributed by atoms with E-state index in [0.29, 0.717) is 66.3 Å². The first kappa shape index (κ1) is 46.2. The van der Waals surface area contributed by atoms with E-state index in [0.717, 1.165) is 13.1 Å². The van der Waals surface area contributed by atoms with Crippen LogP contribution in [0.15, 0.2) is 0 Å². The fourth-order valence-electron chi connectivity index (χ4n) is 5.09. The highest BCUT2D eigenvalue weighted by molar-refractivity contribution is 4.76. The molecule has 0 aliphatic rings. The quantitative estimate of drug-likeness (QED) is 0.0317. The highest BCUT2D eigenvalue weighted by Gasteiger charge is 2.24. The second-order valence-electron chi connectivity index (χ2n) is 11.6. The summed E-state index contributed by atoms with van der Waals surface area (Å²) in [5, 5.41) is 35.9. The van der Waals surface area contributed by atoms with Crippen LogP contribution < -0.4 is 0 Å². The fourth-order valence-corrected chi connectivity index (χ4v) is 5.09. The van der Waals surface area contributed by atoms with Gasteiger partial charge in [-0.05, 0) is 27.7 Å². The molecule has 47 heavy (non-hydrogen) atoms. The zero-order valence-electron chi connectivity index (χ0n) is 29.8. The standard InChI is InChI=1S/C28H64N6O13/c1-25(31(17-39-5)18-40-6)13-29(14-26(2)32(19-41-7)20-42-8)9-11-43-12-10-30(15-27(3)33(21-44-35)22-45-36)16-28(4)34(23-46-37)24-47-38/h25-28,35-38H,9-24H2,1-8H3. The molecule has 4 unspecified atom stereocenters. The molecule has 0 rings (SSSR count). The molecule has 0 radical (unpaired) electrons. The summed E-state index contributed by atoms with van der Waals surface area (Å²) in [6, 6.07) is -0.135. The molecular formula is C28H64N6O13. The van der Waals surface area contributed by atoms with Crippen LogP contribution in [0.25, 0.3) is 0 Å². The lowest BCUT2D eigenvalue weighted by molar-refractivity contribution is -0.318. The summed E-state index contributed by atoms with van der Waals surface area (Å²) in [4.78, 5) is 29.0. The van der Waals surface area contributed by atoms with Crippen LogP contribution in [-0.2, 0) is 43.2 Å². The number of methoxy groups -OCH3 is 4. The van der Waals surface area contributed by atoms with Gasteiger partial charge in [0.25, 0.3) is 0 Å². The van der Waals surface area contributed by atoms with E-state index in [-0.39, 0.29) is 51.1 Å². The van der Waals surface area contributed by atoms with Gasteiger partial charge in [-0.1, -0.05) is 0 Å². The SMILES string of the molecule is COCN(COC)C(C)CN(CCOCCN(CC(C)N(COO)COO)CC(C)N(COO)COO)CC(C)N(COC)COC. The molecule has 4 N–H and O–H groups in total. The summed E-state index contributed by atoms with van der Waals surface area (Å²) in [5.41, 5.74) is 0. The van der Waals surface area contributed by atoms with Crippen molar-refractivity contribution < 1.29 is 64.3 Å². The lowest BCUT2D eigenvalue weighted by Crippen LogP contribution is -2.50. The van der Waals surface area contributed by atoms with Crippen molar-refractivity contribution in [3.63, 3.8) is 0 Å². The first-order chi connectivity index (χ1) is 22.6. The second kappa shape index (κ2) is 30.1. The average Bonchev–Trinajstić information content (AvgIpc) is 3.03. The number of hydrogen-bond donors (Lipinski definition) is 4. The lowest BCUT2D eigenvalue weighted by Gasteiger charge is -2.36. The maximum Gasteiger partial charge on any atom is 0.137 e. The average molecular weight is 693 g/mol. The predicted molar refractivity (Wildman–Crippen MR) is 171 cm³/mol. The second-order valence-corrected chi connectivity index (χ2v) is 11.6. The van der Waals surface area contributed by atoms with E-state index in [1.165, 1.54) is 0 Å². The number of nitrogens with zero attached hydrogens (tertiary/aromatic N) is 6. The molecule has 19 nitrogen and oxygen atoms in total. The van der Waals surface area contributed by atoms with Gasteiger partial charge in [-0.3, -0.25) is 40.6 Å². The molecular weight excluding hydrogens is 628 g/mol. The summed E-state index contributed by atoms with van der Waals surface area (Å²) in [6.07, 6.45) is 0. The van der Waals surface area contributed by atoms with E-state index >= 15 is 0 Å². The van der Waals surface area contributed by atoms with Crippen molar-refractivity contribution in [3.8, 4) is 0 Å². The topological polar surface area (TPSA) is 183 Å². The molecule has 0 aromatic carbocycles. The third-order valence-electron chi connectivity index (χ3n) is 7.76. The molecule has 0 saturated heterocycles. The molecule has 0 bridgehead atoms. The van der Waals surface area contributed by atoms with E-state index in [9.17, 15) is 0 Å². The van der Waals surface area contributed by atoms with E-state index in [1.54, 1.807) is 38.2 Å². The number of hydrogen-bond acceptors (Lipinski definition) is 19. The van der Waals surface area contributed by atoms with Crippen molar-refractivity contribution in [2.45, 2.75) is 51.9 Å². The van der Waals surface area contributed by atoms with Gasteiger partial charge in [0.15, 0.2) is 0 Å². The Kier molecular flexibility index (Phi) is 29.6. The van der Waals surface area contributed by atoms with Gasteiger partial charge in [-0.2, -0.15) is 0 Å². The van der Waals surface area contributed by atoms with Gasteiger partial charge in [0.2, 0.25) is 0 Å². The summed E-state index contributed by atoms with van der Waals surface area (Å²) in [7, 11) is 6.66. The lowest BCUT2D eigenvalue weighted by atomic mass is 10.2. The maximum absolute atomic E-state index is 8.98. The van der Waals surface area contributed by atoms with Crippen molar-refractivity contribution in [1.29, 1.82) is 0 Å². The van der Waals surface area contributed by atoms with Crippen molar-refractivity contribution in [1.82, 2.24) is 29.4 Å². The Bertz CT molecular complexity index is 573. The third kappa shape index (κ3) is 21.1. The van der Waals surface area contributed by atoms with Crippen molar-refractivity contribution in [2.75, 3.05) is 135 Å². The van der Waals surface area contributed by atoms with Crippen LogP contribution in [0.1, 0.15) is 27.7 Å². The van der Waals surface area contributed by atoms with Gasteiger partial charge in [0.05, 0.1) is 13.2 Å². The largest absolute Gasteiger partial charge is 0.379 e. The first-order valence-corrected chi connectivity index (χ1v) is 15.7.